The number of fused-ring (bicyclic) bond motifs is 1. The molecular weight excluding hydrogens is 643 g/mol. The minimum Gasteiger partial charge on any atom is -0.488 e. The lowest BCUT2D eigenvalue weighted by Crippen LogP contribution is -2.40. The monoisotopic (exact) mass is 668 g/mol. The number of hydrogen-bond donors (Lipinski definition) is 0. The molecule has 0 amide bonds. The van der Waals surface area contributed by atoms with Crippen molar-refractivity contribution in [2.75, 3.05) is 6.61 Å². The van der Waals surface area contributed by atoms with Gasteiger partial charge >= 0.3 is 5.97 Å². The summed E-state index contributed by atoms with van der Waals surface area (Å²) >= 11 is 4.82. The fourth-order valence-corrected chi connectivity index (χ4v) is 6.52. The molecule has 0 saturated heterocycles. The number of esters is 1. The number of thiazole rings is 1. The number of hydrogen-bond acceptors (Lipinski definition) is 6. The molecule has 44 heavy (non-hydrogen) atoms. The third kappa shape index (κ3) is 6.06. The molecule has 1 aromatic heterocycles. The first-order valence-electron chi connectivity index (χ1n) is 13.9. The molecule has 1 aliphatic heterocycles. The topological polar surface area (TPSA) is 69.9 Å². The largest absolute Gasteiger partial charge is 0.488 e. The maximum atomic E-state index is 14.0. The molecule has 0 fully saturated rings. The zero-order valence-electron chi connectivity index (χ0n) is 23.6. The normalized spacial score (nSPS) is 14.6. The van der Waals surface area contributed by atoms with Crippen LogP contribution in [0.25, 0.3) is 11.8 Å². The van der Waals surface area contributed by atoms with Crippen LogP contribution in [0, 0.1) is 5.82 Å². The molecule has 1 aliphatic rings. The number of nitrogens with zero attached hydrogens (tertiary/aromatic N) is 2. The van der Waals surface area contributed by atoms with Crippen LogP contribution in [0.3, 0.4) is 0 Å². The third-order valence-electron chi connectivity index (χ3n) is 7.05. The van der Waals surface area contributed by atoms with E-state index < -0.39 is 17.8 Å². The van der Waals surface area contributed by atoms with Crippen molar-refractivity contribution in [1.29, 1.82) is 0 Å². The molecule has 0 N–H and O–H groups in total. The van der Waals surface area contributed by atoms with E-state index in [0.29, 0.717) is 38.5 Å². The number of ether oxygens (including phenoxy) is 2. The average molecular weight is 670 g/mol. The van der Waals surface area contributed by atoms with Crippen molar-refractivity contribution < 1.29 is 18.7 Å². The van der Waals surface area contributed by atoms with Crippen LogP contribution in [0.2, 0.25) is 0 Å². The van der Waals surface area contributed by atoms with Crippen molar-refractivity contribution in [1.82, 2.24) is 4.57 Å². The van der Waals surface area contributed by atoms with Gasteiger partial charge in [0.2, 0.25) is 0 Å². The SMILES string of the molecule is CCOC(=O)C1=C(c2ccccc2)N=c2s/c(=C\c3ccc(OCc4ccccc4)c(Br)c3)c(=O)n2[C@H]1c1ccc(F)cc1. The summed E-state index contributed by atoms with van der Waals surface area (Å²) in [6.45, 7) is 2.29. The number of benzene rings is 4. The van der Waals surface area contributed by atoms with Crippen LogP contribution in [-0.4, -0.2) is 17.1 Å². The number of carbonyl (C=O) groups is 1. The molecule has 0 bridgehead atoms. The Morgan fingerprint density at radius 2 is 1.70 bits per heavy atom. The molecule has 2 heterocycles. The van der Waals surface area contributed by atoms with E-state index in [2.05, 4.69) is 15.9 Å². The van der Waals surface area contributed by atoms with Gasteiger partial charge in [-0.2, -0.15) is 0 Å². The highest BCUT2D eigenvalue weighted by Gasteiger charge is 2.35. The standard InChI is InChI=1S/C35H26BrFN2O4S/c1-2-42-34(41)30-31(24-11-7-4-8-12-24)38-35-39(32(30)25-14-16-26(37)17-15-25)33(40)29(44-35)20-23-13-18-28(27(36)19-23)43-21-22-9-5-3-6-10-22/h3-20,32H,2,21H2,1H3/b29-20-/t32-/m0/s1. The first-order valence-corrected chi connectivity index (χ1v) is 15.5. The van der Waals surface area contributed by atoms with E-state index in [1.54, 1.807) is 25.1 Å². The van der Waals surface area contributed by atoms with E-state index in [9.17, 15) is 14.0 Å². The maximum absolute atomic E-state index is 14.0. The second-order valence-electron chi connectivity index (χ2n) is 9.95. The summed E-state index contributed by atoms with van der Waals surface area (Å²) in [5, 5.41) is 0. The van der Waals surface area contributed by atoms with E-state index >= 15 is 0 Å². The van der Waals surface area contributed by atoms with Gasteiger partial charge < -0.3 is 9.47 Å². The van der Waals surface area contributed by atoms with E-state index in [4.69, 9.17) is 14.5 Å². The van der Waals surface area contributed by atoms with Crippen LogP contribution < -0.4 is 19.6 Å². The Labute approximate surface area is 265 Å². The lowest BCUT2D eigenvalue weighted by molar-refractivity contribution is -0.138. The molecule has 0 aliphatic carbocycles. The minimum atomic E-state index is -0.872. The average Bonchev–Trinajstić information content (AvgIpc) is 3.35. The summed E-state index contributed by atoms with van der Waals surface area (Å²) in [7, 11) is 0. The fraction of sp³-hybridized carbons (Fsp3) is 0.114. The first-order chi connectivity index (χ1) is 21.4. The Hall–Kier alpha value is -4.60. The van der Waals surface area contributed by atoms with Gasteiger partial charge in [-0.25, -0.2) is 14.2 Å². The Bertz CT molecular complexity index is 2040. The molecule has 9 heteroatoms. The van der Waals surface area contributed by atoms with Crippen molar-refractivity contribution in [3.8, 4) is 5.75 Å². The van der Waals surface area contributed by atoms with Crippen molar-refractivity contribution in [3.05, 3.63) is 161 Å². The van der Waals surface area contributed by atoms with Crippen molar-refractivity contribution >= 4 is 45.0 Å². The lowest BCUT2D eigenvalue weighted by Gasteiger charge is -2.25. The molecule has 6 rings (SSSR count). The molecule has 220 valence electrons. The zero-order valence-corrected chi connectivity index (χ0v) is 26.0. The van der Waals surface area contributed by atoms with Gasteiger partial charge in [0.25, 0.3) is 5.56 Å². The third-order valence-corrected chi connectivity index (χ3v) is 8.65. The van der Waals surface area contributed by atoms with Crippen LogP contribution in [0.4, 0.5) is 4.39 Å². The van der Waals surface area contributed by atoms with Crippen LogP contribution in [0.15, 0.2) is 123 Å². The van der Waals surface area contributed by atoms with E-state index in [1.165, 1.54) is 28.0 Å². The highest BCUT2D eigenvalue weighted by atomic mass is 79.9. The quantitative estimate of drug-likeness (QED) is 0.179. The van der Waals surface area contributed by atoms with Gasteiger partial charge in [-0.3, -0.25) is 9.36 Å². The number of halogens is 2. The van der Waals surface area contributed by atoms with Gasteiger partial charge in [-0.05, 0) is 69.9 Å². The van der Waals surface area contributed by atoms with E-state index in [1.807, 2.05) is 78.9 Å². The number of aromatic nitrogens is 1. The number of rotatable bonds is 8. The predicted octanol–water partition coefficient (Wildman–Crippen LogP) is 6.42. The summed E-state index contributed by atoms with van der Waals surface area (Å²) in [5.74, 6) is -0.336. The van der Waals surface area contributed by atoms with Crippen LogP contribution >= 0.6 is 27.3 Å². The second-order valence-corrected chi connectivity index (χ2v) is 11.8. The van der Waals surface area contributed by atoms with Gasteiger partial charge in [0.1, 0.15) is 18.2 Å². The molecule has 0 unspecified atom stereocenters. The summed E-state index contributed by atoms with van der Waals surface area (Å²) in [6, 6.07) is 29.7. The van der Waals surface area contributed by atoms with Crippen LogP contribution in [-0.2, 0) is 16.1 Å². The molecule has 6 nitrogen and oxygen atoms in total. The summed E-state index contributed by atoms with van der Waals surface area (Å²) in [6.07, 6.45) is 1.79. The second kappa shape index (κ2) is 13.0. The molecule has 0 spiro atoms. The molecule has 5 aromatic rings. The van der Waals surface area contributed by atoms with Crippen molar-refractivity contribution in [3.63, 3.8) is 0 Å². The summed E-state index contributed by atoms with van der Waals surface area (Å²) < 4.78 is 28.1. The molecular formula is C35H26BrFN2O4S. The zero-order chi connectivity index (χ0) is 30.6. The van der Waals surface area contributed by atoms with Crippen molar-refractivity contribution in [2.24, 2.45) is 4.99 Å². The van der Waals surface area contributed by atoms with Gasteiger partial charge in [0.15, 0.2) is 4.80 Å². The predicted molar refractivity (Wildman–Crippen MR) is 172 cm³/mol. The van der Waals surface area contributed by atoms with Crippen molar-refractivity contribution in [2.45, 2.75) is 19.6 Å². The Morgan fingerprint density at radius 1 is 1.00 bits per heavy atom. The van der Waals surface area contributed by atoms with Gasteiger partial charge in [-0.15, -0.1) is 0 Å². The smallest absolute Gasteiger partial charge is 0.338 e. The Balaban J connectivity index is 1.47. The van der Waals surface area contributed by atoms with Crippen LogP contribution in [0.5, 0.6) is 5.75 Å². The Kier molecular flexibility index (Phi) is 8.67. The van der Waals surface area contributed by atoms with Gasteiger partial charge in [0.05, 0.1) is 32.9 Å². The fourth-order valence-electron chi connectivity index (χ4n) is 5.01. The van der Waals surface area contributed by atoms with Gasteiger partial charge in [0, 0.05) is 5.56 Å². The molecule has 4 aromatic carbocycles. The Morgan fingerprint density at radius 3 is 2.39 bits per heavy atom. The lowest BCUT2D eigenvalue weighted by atomic mass is 9.93. The maximum Gasteiger partial charge on any atom is 0.338 e. The molecule has 1 atom stereocenters. The van der Waals surface area contributed by atoms with Gasteiger partial charge in [-0.1, -0.05) is 90.2 Å². The molecule has 0 saturated carbocycles. The van der Waals surface area contributed by atoms with E-state index in [-0.39, 0.29) is 17.7 Å². The van der Waals surface area contributed by atoms with E-state index in [0.717, 1.165) is 15.6 Å². The summed E-state index contributed by atoms with van der Waals surface area (Å²) in [5.41, 5.74) is 3.40. The molecule has 0 radical (unpaired) electrons. The van der Waals surface area contributed by atoms with Crippen LogP contribution in [0.1, 0.15) is 35.2 Å². The highest BCUT2D eigenvalue weighted by molar-refractivity contribution is 9.10. The highest BCUT2D eigenvalue weighted by Crippen LogP contribution is 2.35. The minimum absolute atomic E-state index is 0.144. The number of carbonyl (C=O) groups excluding carboxylic acids is 1. The summed E-state index contributed by atoms with van der Waals surface area (Å²) in [4.78, 5) is 32.8. The first kappa shape index (κ1) is 29.5.